The Kier molecular flexibility index (Phi) is 6.32. The van der Waals surface area contributed by atoms with Crippen LogP contribution in [0, 0.1) is 0 Å². The minimum absolute atomic E-state index is 0.0981. The van der Waals surface area contributed by atoms with Crippen LogP contribution in [-0.4, -0.2) is 17.6 Å². The van der Waals surface area contributed by atoms with Gasteiger partial charge < -0.3 is 18.8 Å². The second kappa shape index (κ2) is 9.08. The third kappa shape index (κ3) is 4.17. The molecule has 3 rings (SSSR count). The molecule has 0 unspecified atom stereocenters. The predicted octanol–water partition coefficient (Wildman–Crippen LogP) is 3.83. The van der Waals surface area contributed by atoms with E-state index in [0.717, 1.165) is 18.4 Å². The molecule has 0 N–H and O–H groups in total. The molecule has 0 aliphatic carbocycles. The average Bonchev–Trinajstić information content (AvgIpc) is 2.73. The van der Waals surface area contributed by atoms with Crippen LogP contribution in [0.4, 0.5) is 0 Å². The fraction of sp³-hybridized carbons (Fsp3) is 0.273. The monoisotopic (exact) mass is 381 g/mol. The summed E-state index contributed by atoms with van der Waals surface area (Å²) in [6.07, 6.45) is 1.78. The zero-order valence-electron chi connectivity index (χ0n) is 16.0. The molecule has 3 aromatic rings. The van der Waals surface area contributed by atoms with Crippen molar-refractivity contribution in [1.29, 1.82) is 0 Å². The van der Waals surface area contributed by atoms with E-state index < -0.39 is 5.56 Å². The van der Waals surface area contributed by atoms with Gasteiger partial charge in [0.2, 0.25) is 5.75 Å². The van der Waals surface area contributed by atoms with Crippen LogP contribution in [0.5, 0.6) is 17.2 Å². The molecule has 0 radical (unpaired) electrons. The van der Waals surface area contributed by atoms with Gasteiger partial charge in [-0.2, -0.15) is 0 Å². The minimum Gasteiger partial charge on any atom is -0.489 e. The van der Waals surface area contributed by atoms with E-state index in [1.165, 1.54) is 4.57 Å². The van der Waals surface area contributed by atoms with Gasteiger partial charge in [0.25, 0.3) is 12.0 Å². The van der Waals surface area contributed by atoms with Crippen LogP contribution in [-0.2, 0) is 18.4 Å². The second-order valence-corrected chi connectivity index (χ2v) is 6.39. The van der Waals surface area contributed by atoms with E-state index in [2.05, 4.69) is 0 Å². The van der Waals surface area contributed by atoms with Crippen molar-refractivity contribution < 1.29 is 19.0 Å². The smallest absolute Gasteiger partial charge is 0.298 e. The molecule has 6 nitrogen and oxygen atoms in total. The number of unbranched alkanes of at least 4 members (excludes halogenated alkanes) is 1. The van der Waals surface area contributed by atoms with Gasteiger partial charge in [-0.1, -0.05) is 43.7 Å². The summed E-state index contributed by atoms with van der Waals surface area (Å²) >= 11 is 0. The van der Waals surface area contributed by atoms with Crippen LogP contribution in [0.2, 0.25) is 0 Å². The van der Waals surface area contributed by atoms with E-state index in [1.807, 2.05) is 49.4 Å². The maximum absolute atomic E-state index is 12.7. The molecule has 28 heavy (non-hydrogen) atoms. The minimum atomic E-state index is -0.439. The van der Waals surface area contributed by atoms with E-state index in [0.29, 0.717) is 29.9 Å². The quantitative estimate of drug-likeness (QED) is 0.416. The molecule has 0 atom stereocenters. The Balaban J connectivity index is 1.99. The number of rotatable bonds is 9. The van der Waals surface area contributed by atoms with Gasteiger partial charge in [-0.05, 0) is 24.1 Å². The standard InChI is InChI=1S/C22H23NO5/c1-3-4-12-26-20-18-11-10-17(27-14-16-8-6-5-7-9-16)13-19(18)23(2)22(25)21(20)28-15-24/h5-11,13,15H,3-4,12,14H2,1-2H3. The summed E-state index contributed by atoms with van der Waals surface area (Å²) < 4.78 is 18.1. The summed E-state index contributed by atoms with van der Waals surface area (Å²) in [5.41, 5.74) is 1.25. The summed E-state index contributed by atoms with van der Waals surface area (Å²) in [6, 6.07) is 15.3. The summed E-state index contributed by atoms with van der Waals surface area (Å²) in [6.45, 7) is 3.14. The second-order valence-electron chi connectivity index (χ2n) is 6.39. The zero-order chi connectivity index (χ0) is 19.9. The van der Waals surface area contributed by atoms with Crippen LogP contribution in [0.1, 0.15) is 25.3 Å². The van der Waals surface area contributed by atoms with Crippen molar-refractivity contribution in [2.45, 2.75) is 26.4 Å². The van der Waals surface area contributed by atoms with Crippen LogP contribution in [0.15, 0.2) is 53.3 Å². The van der Waals surface area contributed by atoms with Crippen molar-refractivity contribution in [3.63, 3.8) is 0 Å². The topological polar surface area (TPSA) is 66.8 Å². The Bertz CT molecular complexity index is 1010. The van der Waals surface area contributed by atoms with Gasteiger partial charge in [-0.25, -0.2) is 0 Å². The van der Waals surface area contributed by atoms with Gasteiger partial charge in [0.1, 0.15) is 12.4 Å². The molecule has 1 heterocycles. The van der Waals surface area contributed by atoms with Crippen molar-refractivity contribution in [3.05, 3.63) is 64.4 Å². The normalized spacial score (nSPS) is 10.6. The highest BCUT2D eigenvalue weighted by Crippen LogP contribution is 2.34. The number of ether oxygens (including phenoxy) is 3. The van der Waals surface area contributed by atoms with Crippen LogP contribution in [0.3, 0.4) is 0 Å². The molecule has 0 aliphatic heterocycles. The molecule has 0 bridgehead atoms. The van der Waals surface area contributed by atoms with Crippen molar-refractivity contribution in [2.24, 2.45) is 7.05 Å². The van der Waals surface area contributed by atoms with Gasteiger partial charge in [0.15, 0.2) is 5.75 Å². The lowest BCUT2D eigenvalue weighted by atomic mass is 10.1. The van der Waals surface area contributed by atoms with Gasteiger partial charge >= 0.3 is 0 Å². The molecule has 146 valence electrons. The maximum Gasteiger partial charge on any atom is 0.298 e. The van der Waals surface area contributed by atoms with Gasteiger partial charge in [-0.3, -0.25) is 9.59 Å². The summed E-state index contributed by atoms with van der Waals surface area (Å²) in [7, 11) is 1.62. The van der Waals surface area contributed by atoms with Gasteiger partial charge in [-0.15, -0.1) is 0 Å². The zero-order valence-corrected chi connectivity index (χ0v) is 16.0. The van der Waals surface area contributed by atoms with Crippen LogP contribution in [0.25, 0.3) is 10.9 Å². The fourth-order valence-corrected chi connectivity index (χ4v) is 2.91. The van der Waals surface area contributed by atoms with Crippen molar-refractivity contribution in [1.82, 2.24) is 4.57 Å². The number of fused-ring (bicyclic) bond motifs is 1. The molecular formula is C22H23NO5. The average molecular weight is 381 g/mol. The van der Waals surface area contributed by atoms with E-state index in [9.17, 15) is 9.59 Å². The van der Waals surface area contributed by atoms with Crippen LogP contribution < -0.4 is 19.8 Å². The molecule has 0 aliphatic rings. The molecule has 0 amide bonds. The van der Waals surface area contributed by atoms with Crippen molar-refractivity contribution in [2.75, 3.05) is 6.61 Å². The lowest BCUT2D eigenvalue weighted by Gasteiger charge is -2.16. The Morgan fingerprint density at radius 1 is 1.04 bits per heavy atom. The highest BCUT2D eigenvalue weighted by atomic mass is 16.5. The highest BCUT2D eigenvalue weighted by Gasteiger charge is 2.19. The predicted molar refractivity (Wildman–Crippen MR) is 107 cm³/mol. The largest absolute Gasteiger partial charge is 0.489 e. The molecule has 0 fully saturated rings. The van der Waals surface area contributed by atoms with Crippen LogP contribution >= 0.6 is 0 Å². The SMILES string of the molecule is CCCCOc1c(OC=O)c(=O)n(C)c2cc(OCc3ccccc3)ccc12. The first-order valence-corrected chi connectivity index (χ1v) is 9.22. The van der Waals surface area contributed by atoms with E-state index >= 15 is 0 Å². The number of aryl methyl sites for hydroxylation is 1. The molecule has 0 saturated carbocycles. The Hall–Kier alpha value is -3.28. The third-order valence-electron chi connectivity index (χ3n) is 4.44. The summed E-state index contributed by atoms with van der Waals surface area (Å²) in [5, 5.41) is 0.683. The summed E-state index contributed by atoms with van der Waals surface area (Å²) in [4.78, 5) is 23.6. The van der Waals surface area contributed by atoms with Crippen molar-refractivity contribution in [3.8, 4) is 17.2 Å². The van der Waals surface area contributed by atoms with E-state index in [4.69, 9.17) is 14.2 Å². The number of benzene rings is 2. The Labute approximate surface area is 163 Å². The molecule has 2 aromatic carbocycles. The Morgan fingerprint density at radius 3 is 2.54 bits per heavy atom. The Morgan fingerprint density at radius 2 is 1.82 bits per heavy atom. The molecule has 0 saturated heterocycles. The van der Waals surface area contributed by atoms with Gasteiger partial charge in [0, 0.05) is 18.5 Å². The molecular weight excluding hydrogens is 358 g/mol. The lowest BCUT2D eigenvalue weighted by Crippen LogP contribution is -2.21. The van der Waals surface area contributed by atoms with E-state index in [1.54, 1.807) is 13.1 Å². The first-order valence-electron chi connectivity index (χ1n) is 9.22. The number of hydrogen-bond donors (Lipinski definition) is 0. The molecule has 6 heteroatoms. The molecule has 1 aromatic heterocycles. The number of hydrogen-bond acceptors (Lipinski definition) is 5. The number of pyridine rings is 1. The number of nitrogens with zero attached hydrogens (tertiary/aromatic N) is 1. The highest BCUT2D eigenvalue weighted by molar-refractivity contribution is 5.89. The molecule has 0 spiro atoms. The van der Waals surface area contributed by atoms with Crippen molar-refractivity contribution >= 4 is 17.4 Å². The number of aromatic nitrogens is 1. The van der Waals surface area contributed by atoms with Gasteiger partial charge in [0.05, 0.1) is 12.1 Å². The fourth-order valence-electron chi connectivity index (χ4n) is 2.91. The third-order valence-corrected chi connectivity index (χ3v) is 4.44. The summed E-state index contributed by atoms with van der Waals surface area (Å²) in [5.74, 6) is 0.822. The van der Waals surface area contributed by atoms with E-state index in [-0.39, 0.29) is 18.0 Å². The number of carbonyl (C=O) groups excluding carboxylic acids is 1. The lowest BCUT2D eigenvalue weighted by molar-refractivity contribution is -0.120. The number of carbonyl (C=O) groups is 1. The maximum atomic E-state index is 12.7. The first-order chi connectivity index (χ1) is 13.7. The first kappa shape index (κ1) is 19.5.